The van der Waals surface area contributed by atoms with E-state index < -0.39 is 0 Å². The number of alkyl halides is 1. The highest BCUT2D eigenvalue weighted by molar-refractivity contribution is 7.09. The number of aryl methyl sites for hydroxylation is 3. The van der Waals surface area contributed by atoms with E-state index in [2.05, 4.69) is 4.98 Å². The smallest absolute Gasteiger partial charge is 0.253 e. The first kappa shape index (κ1) is 12.3. The van der Waals surface area contributed by atoms with E-state index in [0.717, 1.165) is 22.7 Å². The molecule has 0 unspecified atom stereocenters. The number of aromatic nitrogens is 2. The molecule has 0 aliphatic heterocycles. The Labute approximate surface area is 109 Å². The van der Waals surface area contributed by atoms with Crippen LogP contribution >= 0.6 is 22.9 Å². The lowest BCUT2D eigenvalue weighted by Crippen LogP contribution is -2.22. The molecule has 0 aliphatic rings. The second-order valence-electron chi connectivity index (χ2n) is 3.81. The molecule has 0 bridgehead atoms. The molecule has 3 nitrogen and oxygen atoms in total. The van der Waals surface area contributed by atoms with E-state index in [9.17, 15) is 4.79 Å². The van der Waals surface area contributed by atoms with Crippen LogP contribution in [0.4, 0.5) is 0 Å². The number of nitrogens with zero attached hydrogens (tertiary/aromatic N) is 2. The first-order valence-corrected chi connectivity index (χ1v) is 6.77. The van der Waals surface area contributed by atoms with Gasteiger partial charge in [-0.05, 0) is 13.0 Å². The normalized spacial score (nSPS) is 10.7. The standard InChI is InChI=1S/C12H13ClN2OS/c1-9-3-2-5-15(12(9)16)6-4-11-14-10(7-13)8-17-11/h2-3,5,8H,4,6-7H2,1H3. The number of hydrogen-bond donors (Lipinski definition) is 0. The van der Waals surface area contributed by atoms with Crippen molar-refractivity contribution in [3.63, 3.8) is 0 Å². The summed E-state index contributed by atoms with van der Waals surface area (Å²) in [6.07, 6.45) is 2.58. The number of thiazole rings is 1. The van der Waals surface area contributed by atoms with Crippen LogP contribution in [0.3, 0.4) is 0 Å². The van der Waals surface area contributed by atoms with Gasteiger partial charge in [0.15, 0.2) is 0 Å². The molecular formula is C12H13ClN2OS. The Kier molecular flexibility index (Phi) is 3.97. The van der Waals surface area contributed by atoms with Gasteiger partial charge in [-0.2, -0.15) is 0 Å². The molecule has 0 saturated heterocycles. The number of hydrogen-bond acceptors (Lipinski definition) is 3. The average molecular weight is 269 g/mol. The van der Waals surface area contributed by atoms with Gasteiger partial charge in [-0.15, -0.1) is 22.9 Å². The maximum absolute atomic E-state index is 11.8. The van der Waals surface area contributed by atoms with Gasteiger partial charge in [-0.25, -0.2) is 4.98 Å². The largest absolute Gasteiger partial charge is 0.315 e. The van der Waals surface area contributed by atoms with Gasteiger partial charge in [0.25, 0.3) is 5.56 Å². The molecule has 0 N–H and O–H groups in total. The van der Waals surface area contributed by atoms with Crippen LogP contribution in [0.1, 0.15) is 16.3 Å². The minimum Gasteiger partial charge on any atom is -0.315 e. The third-order valence-corrected chi connectivity index (χ3v) is 3.74. The van der Waals surface area contributed by atoms with Crippen molar-refractivity contribution in [1.82, 2.24) is 9.55 Å². The van der Waals surface area contributed by atoms with Crippen molar-refractivity contribution in [3.05, 3.63) is 50.3 Å². The van der Waals surface area contributed by atoms with Gasteiger partial charge >= 0.3 is 0 Å². The molecule has 0 aliphatic carbocycles. The van der Waals surface area contributed by atoms with Gasteiger partial charge in [0.2, 0.25) is 0 Å². The summed E-state index contributed by atoms with van der Waals surface area (Å²) < 4.78 is 1.72. The number of halogens is 1. The van der Waals surface area contributed by atoms with Gasteiger partial charge in [-0.1, -0.05) is 6.07 Å². The zero-order valence-electron chi connectivity index (χ0n) is 9.52. The van der Waals surface area contributed by atoms with Crippen LogP contribution in [-0.4, -0.2) is 9.55 Å². The quantitative estimate of drug-likeness (QED) is 0.799. The highest BCUT2D eigenvalue weighted by Crippen LogP contribution is 2.12. The van der Waals surface area contributed by atoms with Gasteiger partial charge in [0, 0.05) is 30.1 Å². The Bertz CT molecular complexity index is 562. The van der Waals surface area contributed by atoms with E-state index >= 15 is 0 Å². The third-order valence-electron chi connectivity index (χ3n) is 2.51. The van der Waals surface area contributed by atoms with Gasteiger partial charge < -0.3 is 4.57 Å². The third kappa shape index (κ3) is 2.96. The molecule has 0 spiro atoms. The van der Waals surface area contributed by atoms with Crippen molar-refractivity contribution < 1.29 is 0 Å². The number of pyridine rings is 1. The van der Waals surface area contributed by atoms with E-state index in [0.29, 0.717) is 12.4 Å². The minimum absolute atomic E-state index is 0.0709. The second kappa shape index (κ2) is 5.47. The summed E-state index contributed by atoms with van der Waals surface area (Å²) in [4.78, 5) is 16.1. The van der Waals surface area contributed by atoms with Crippen LogP contribution in [0.25, 0.3) is 0 Å². The number of rotatable bonds is 4. The first-order valence-electron chi connectivity index (χ1n) is 5.36. The van der Waals surface area contributed by atoms with E-state index in [4.69, 9.17) is 11.6 Å². The fourth-order valence-corrected chi connectivity index (χ4v) is 2.59. The molecule has 0 saturated carbocycles. The molecule has 0 aromatic carbocycles. The van der Waals surface area contributed by atoms with Crippen molar-refractivity contribution >= 4 is 22.9 Å². The fourth-order valence-electron chi connectivity index (χ4n) is 1.57. The summed E-state index contributed by atoms with van der Waals surface area (Å²) in [7, 11) is 0. The van der Waals surface area contributed by atoms with Crippen molar-refractivity contribution in [2.45, 2.75) is 25.8 Å². The maximum atomic E-state index is 11.8. The van der Waals surface area contributed by atoms with Gasteiger partial charge in [0.1, 0.15) is 0 Å². The topological polar surface area (TPSA) is 34.9 Å². The lowest BCUT2D eigenvalue weighted by molar-refractivity contribution is 0.662. The molecule has 5 heteroatoms. The summed E-state index contributed by atoms with van der Waals surface area (Å²) in [5.74, 6) is 0.445. The average Bonchev–Trinajstić information content (AvgIpc) is 2.79. The zero-order chi connectivity index (χ0) is 12.3. The summed E-state index contributed by atoms with van der Waals surface area (Å²) in [5.41, 5.74) is 1.75. The predicted molar refractivity (Wildman–Crippen MR) is 70.8 cm³/mol. The fraction of sp³-hybridized carbons (Fsp3) is 0.333. The Balaban J connectivity index is 2.07. The van der Waals surface area contributed by atoms with Gasteiger partial charge in [0.05, 0.1) is 16.6 Å². The van der Waals surface area contributed by atoms with Crippen LogP contribution in [-0.2, 0) is 18.8 Å². The molecule has 0 atom stereocenters. The second-order valence-corrected chi connectivity index (χ2v) is 5.02. The van der Waals surface area contributed by atoms with Crippen LogP contribution in [0.2, 0.25) is 0 Å². The summed E-state index contributed by atoms with van der Waals surface area (Å²) >= 11 is 7.28. The molecule has 2 rings (SSSR count). The molecule has 2 heterocycles. The van der Waals surface area contributed by atoms with Gasteiger partial charge in [-0.3, -0.25) is 4.79 Å². The van der Waals surface area contributed by atoms with Crippen molar-refractivity contribution in [2.24, 2.45) is 0 Å². The Morgan fingerprint density at radius 1 is 1.53 bits per heavy atom. The molecule has 17 heavy (non-hydrogen) atoms. The van der Waals surface area contributed by atoms with E-state index in [1.165, 1.54) is 0 Å². The van der Waals surface area contributed by atoms with Crippen molar-refractivity contribution in [1.29, 1.82) is 0 Å². The first-order chi connectivity index (χ1) is 8.20. The Morgan fingerprint density at radius 3 is 3.06 bits per heavy atom. The SMILES string of the molecule is Cc1cccn(CCc2nc(CCl)cs2)c1=O. The summed E-state index contributed by atoms with van der Waals surface area (Å²) in [5, 5.41) is 2.98. The maximum Gasteiger partial charge on any atom is 0.253 e. The summed E-state index contributed by atoms with van der Waals surface area (Å²) in [6.45, 7) is 2.49. The van der Waals surface area contributed by atoms with Crippen LogP contribution in [0.5, 0.6) is 0 Å². The van der Waals surface area contributed by atoms with Crippen molar-refractivity contribution in [3.8, 4) is 0 Å². The van der Waals surface area contributed by atoms with Crippen molar-refractivity contribution in [2.75, 3.05) is 0 Å². The molecule has 0 radical (unpaired) electrons. The Morgan fingerprint density at radius 2 is 2.35 bits per heavy atom. The minimum atomic E-state index is 0.0709. The van der Waals surface area contributed by atoms with E-state index in [1.54, 1.807) is 15.9 Å². The van der Waals surface area contributed by atoms with E-state index in [-0.39, 0.29) is 5.56 Å². The molecule has 0 amide bonds. The van der Waals surface area contributed by atoms with Crippen LogP contribution < -0.4 is 5.56 Å². The lowest BCUT2D eigenvalue weighted by Gasteiger charge is -2.04. The highest BCUT2D eigenvalue weighted by atomic mass is 35.5. The monoisotopic (exact) mass is 268 g/mol. The highest BCUT2D eigenvalue weighted by Gasteiger charge is 2.03. The molecule has 90 valence electrons. The lowest BCUT2D eigenvalue weighted by atomic mass is 10.3. The molecule has 2 aromatic heterocycles. The molecule has 0 fully saturated rings. The van der Waals surface area contributed by atoms with Crippen LogP contribution in [0.15, 0.2) is 28.5 Å². The molecule has 2 aromatic rings. The van der Waals surface area contributed by atoms with Crippen LogP contribution in [0, 0.1) is 6.92 Å². The Hall–Kier alpha value is -1.13. The van der Waals surface area contributed by atoms with E-state index in [1.807, 2.05) is 30.6 Å². The molecular weight excluding hydrogens is 256 g/mol. The predicted octanol–water partition coefficient (Wildman–Crippen LogP) is 2.59. The zero-order valence-corrected chi connectivity index (χ0v) is 11.1. The summed E-state index contributed by atoms with van der Waals surface area (Å²) in [6, 6.07) is 3.72.